The number of benzene rings is 1. The Morgan fingerprint density at radius 3 is 2.58 bits per heavy atom. The molecule has 0 unspecified atom stereocenters. The third-order valence-corrected chi connectivity index (χ3v) is 3.43. The van der Waals surface area contributed by atoms with E-state index < -0.39 is 11.8 Å². The molecule has 1 heterocycles. The predicted molar refractivity (Wildman–Crippen MR) is 72.8 cm³/mol. The molecule has 0 aliphatic carbocycles. The van der Waals surface area contributed by atoms with Crippen LogP contribution in [0.5, 0.6) is 0 Å². The lowest BCUT2D eigenvalue weighted by Crippen LogP contribution is -2.14. The van der Waals surface area contributed by atoms with Crippen LogP contribution in [0.2, 0.25) is 9.49 Å². The summed E-state index contributed by atoms with van der Waals surface area (Å²) in [6, 6.07) is 4.38. The average molecular weight is 317 g/mol. The van der Waals surface area contributed by atoms with E-state index in [2.05, 4.69) is 15.5 Å². The van der Waals surface area contributed by atoms with Gasteiger partial charge in [-0.2, -0.15) is 0 Å². The zero-order chi connectivity index (χ0) is 14.0. The van der Waals surface area contributed by atoms with Crippen molar-refractivity contribution in [3.8, 4) is 0 Å². The molecule has 3 N–H and O–H groups in total. The van der Waals surface area contributed by atoms with E-state index in [0.29, 0.717) is 5.69 Å². The monoisotopic (exact) mass is 316 g/mol. The Morgan fingerprint density at radius 2 is 2.00 bits per heavy atom. The second-order valence-electron chi connectivity index (χ2n) is 3.37. The highest BCUT2D eigenvalue weighted by Gasteiger charge is 2.14. The zero-order valence-corrected chi connectivity index (χ0v) is 11.5. The van der Waals surface area contributed by atoms with E-state index in [1.54, 1.807) is 0 Å². The van der Waals surface area contributed by atoms with Crippen molar-refractivity contribution in [1.82, 2.24) is 10.2 Å². The number of nitrogens with zero attached hydrogens (tertiary/aromatic N) is 2. The van der Waals surface area contributed by atoms with E-state index >= 15 is 0 Å². The van der Waals surface area contributed by atoms with Crippen LogP contribution in [0.15, 0.2) is 18.2 Å². The zero-order valence-electron chi connectivity index (χ0n) is 9.18. The third-order valence-electron chi connectivity index (χ3n) is 2.08. The molecule has 0 saturated carbocycles. The maximum Gasteiger partial charge on any atom is 0.286 e. The van der Waals surface area contributed by atoms with Gasteiger partial charge in [0.25, 0.3) is 5.91 Å². The molecule has 0 bridgehead atoms. The molecule has 0 atom stereocenters. The van der Waals surface area contributed by atoms with Gasteiger partial charge in [0.15, 0.2) is 0 Å². The Morgan fingerprint density at radius 1 is 1.26 bits per heavy atom. The van der Waals surface area contributed by atoms with Crippen LogP contribution in [0.1, 0.15) is 20.2 Å². The van der Waals surface area contributed by atoms with E-state index in [4.69, 9.17) is 28.9 Å². The van der Waals surface area contributed by atoms with E-state index in [-0.39, 0.29) is 20.1 Å². The maximum atomic E-state index is 11.8. The highest BCUT2D eigenvalue weighted by atomic mass is 35.5. The lowest BCUT2D eigenvalue weighted by Gasteiger charge is -2.05. The van der Waals surface area contributed by atoms with Crippen LogP contribution >= 0.6 is 34.5 Å². The largest absolute Gasteiger partial charge is 0.366 e. The SMILES string of the molecule is NC(=O)c1cc(NC(=O)c2nnc(Cl)s2)ccc1Cl. The predicted octanol–water partition coefficient (Wildman–Crippen LogP) is 2.20. The van der Waals surface area contributed by atoms with Gasteiger partial charge in [-0.1, -0.05) is 22.9 Å². The van der Waals surface area contributed by atoms with Gasteiger partial charge in [0.1, 0.15) is 0 Å². The molecule has 2 aromatic rings. The van der Waals surface area contributed by atoms with Crippen LogP contribution < -0.4 is 11.1 Å². The van der Waals surface area contributed by atoms with E-state index in [0.717, 1.165) is 11.3 Å². The molecule has 6 nitrogen and oxygen atoms in total. The van der Waals surface area contributed by atoms with Crippen LogP contribution in [0, 0.1) is 0 Å². The van der Waals surface area contributed by atoms with Crippen molar-refractivity contribution in [2.75, 3.05) is 5.32 Å². The van der Waals surface area contributed by atoms with E-state index in [9.17, 15) is 9.59 Å². The highest BCUT2D eigenvalue weighted by Crippen LogP contribution is 2.21. The molecule has 0 aliphatic heterocycles. The standard InChI is InChI=1S/C10H6Cl2N4O2S/c11-6-2-1-4(3-5(6)7(13)17)14-8(18)9-15-16-10(12)19-9/h1-3H,(H2,13,17)(H,14,18). The highest BCUT2D eigenvalue weighted by molar-refractivity contribution is 7.17. The van der Waals surface area contributed by atoms with Crippen molar-refractivity contribution in [2.45, 2.75) is 0 Å². The lowest BCUT2D eigenvalue weighted by atomic mass is 10.2. The van der Waals surface area contributed by atoms with Gasteiger partial charge < -0.3 is 11.1 Å². The van der Waals surface area contributed by atoms with E-state index in [1.165, 1.54) is 18.2 Å². The van der Waals surface area contributed by atoms with Crippen molar-refractivity contribution in [2.24, 2.45) is 5.73 Å². The Labute approximate surface area is 121 Å². The Hall–Kier alpha value is -1.70. The van der Waals surface area contributed by atoms with Crippen molar-refractivity contribution in [3.63, 3.8) is 0 Å². The average Bonchev–Trinajstić information content (AvgIpc) is 2.78. The number of amides is 2. The fourth-order valence-corrected chi connectivity index (χ4v) is 2.21. The van der Waals surface area contributed by atoms with Crippen LogP contribution in [-0.2, 0) is 0 Å². The second-order valence-corrected chi connectivity index (χ2v) is 5.34. The van der Waals surface area contributed by atoms with Crippen LogP contribution in [0.25, 0.3) is 0 Å². The van der Waals surface area contributed by atoms with Gasteiger partial charge in [-0.3, -0.25) is 9.59 Å². The number of carbonyl (C=O) groups is 2. The summed E-state index contributed by atoms with van der Waals surface area (Å²) in [7, 11) is 0. The summed E-state index contributed by atoms with van der Waals surface area (Å²) in [4.78, 5) is 22.9. The number of nitrogens with two attached hydrogens (primary N) is 1. The Kier molecular flexibility index (Phi) is 3.98. The van der Waals surface area contributed by atoms with Gasteiger partial charge in [0.2, 0.25) is 15.4 Å². The van der Waals surface area contributed by atoms with E-state index in [1.807, 2.05) is 0 Å². The van der Waals surface area contributed by atoms with Crippen LogP contribution in [0.4, 0.5) is 5.69 Å². The van der Waals surface area contributed by atoms with Crippen LogP contribution in [-0.4, -0.2) is 22.0 Å². The summed E-state index contributed by atoms with van der Waals surface area (Å²) >= 11 is 12.3. The molecule has 0 spiro atoms. The van der Waals surface area contributed by atoms with Gasteiger partial charge in [-0.25, -0.2) is 0 Å². The molecule has 0 fully saturated rings. The van der Waals surface area contributed by atoms with Gasteiger partial charge >= 0.3 is 0 Å². The molecule has 9 heteroatoms. The molecular formula is C10H6Cl2N4O2S. The number of aromatic nitrogens is 2. The van der Waals surface area contributed by atoms with Crippen molar-refractivity contribution in [3.05, 3.63) is 38.3 Å². The molecule has 98 valence electrons. The van der Waals surface area contributed by atoms with Gasteiger partial charge in [0.05, 0.1) is 10.6 Å². The molecule has 2 amide bonds. The minimum absolute atomic E-state index is 0.112. The number of hydrogen-bond donors (Lipinski definition) is 2. The molecule has 1 aromatic carbocycles. The fourth-order valence-electron chi connectivity index (χ4n) is 1.27. The van der Waals surface area contributed by atoms with Gasteiger partial charge in [-0.15, -0.1) is 10.2 Å². The number of halogens is 2. The smallest absolute Gasteiger partial charge is 0.286 e. The number of primary amides is 1. The summed E-state index contributed by atoms with van der Waals surface area (Å²) in [6.45, 7) is 0. The number of rotatable bonds is 3. The van der Waals surface area contributed by atoms with Crippen molar-refractivity contribution in [1.29, 1.82) is 0 Å². The molecule has 1 aromatic heterocycles. The summed E-state index contributed by atoms with van der Waals surface area (Å²) in [6.07, 6.45) is 0. The number of hydrogen-bond acceptors (Lipinski definition) is 5. The first-order valence-electron chi connectivity index (χ1n) is 4.87. The quantitative estimate of drug-likeness (QED) is 0.906. The summed E-state index contributed by atoms with van der Waals surface area (Å²) in [5, 5.41) is 9.97. The third kappa shape index (κ3) is 3.19. The minimum Gasteiger partial charge on any atom is -0.366 e. The molecule has 0 radical (unpaired) electrons. The topological polar surface area (TPSA) is 98.0 Å². The molecular weight excluding hydrogens is 311 g/mol. The Balaban J connectivity index is 2.22. The molecule has 2 rings (SSSR count). The van der Waals surface area contributed by atoms with Crippen molar-refractivity contribution >= 4 is 52.0 Å². The molecule has 0 aliphatic rings. The first-order chi connectivity index (χ1) is 8.97. The minimum atomic E-state index is -0.681. The fraction of sp³-hybridized carbons (Fsp3) is 0. The summed E-state index contributed by atoms with van der Waals surface area (Å²) in [5.41, 5.74) is 5.64. The second kappa shape index (κ2) is 5.52. The summed E-state index contributed by atoms with van der Waals surface area (Å²) < 4.78 is 0.166. The maximum absolute atomic E-state index is 11.8. The van der Waals surface area contributed by atoms with Crippen molar-refractivity contribution < 1.29 is 9.59 Å². The Bertz CT molecular complexity index is 659. The number of anilines is 1. The first kappa shape index (κ1) is 13.7. The normalized spacial score (nSPS) is 10.2. The van der Waals surface area contributed by atoms with Gasteiger partial charge in [-0.05, 0) is 29.8 Å². The van der Waals surface area contributed by atoms with Crippen LogP contribution in [0.3, 0.4) is 0 Å². The molecule has 19 heavy (non-hydrogen) atoms. The summed E-state index contributed by atoms with van der Waals surface area (Å²) in [5.74, 6) is -1.16. The molecule has 0 saturated heterocycles. The first-order valence-corrected chi connectivity index (χ1v) is 6.44. The number of carbonyl (C=O) groups excluding carboxylic acids is 2. The number of nitrogens with one attached hydrogen (secondary N) is 1. The lowest BCUT2D eigenvalue weighted by molar-refractivity contribution is 0.0996. The van der Waals surface area contributed by atoms with Gasteiger partial charge in [0, 0.05) is 5.69 Å².